The summed E-state index contributed by atoms with van der Waals surface area (Å²) in [6.07, 6.45) is 18.2. The van der Waals surface area contributed by atoms with Gasteiger partial charge < -0.3 is 4.74 Å². The lowest BCUT2D eigenvalue weighted by molar-refractivity contribution is -0.141. The van der Waals surface area contributed by atoms with Gasteiger partial charge in [0.1, 0.15) is 0 Å². The van der Waals surface area contributed by atoms with Gasteiger partial charge in [0.15, 0.2) is 0 Å². The first-order chi connectivity index (χ1) is 9.83. The van der Waals surface area contributed by atoms with Gasteiger partial charge in [-0.2, -0.15) is 0 Å². The van der Waals surface area contributed by atoms with Crippen LogP contribution < -0.4 is 0 Å². The van der Waals surface area contributed by atoms with Gasteiger partial charge >= 0.3 is 5.97 Å². The van der Waals surface area contributed by atoms with Crippen LogP contribution in [0.2, 0.25) is 0 Å². The van der Waals surface area contributed by atoms with Crippen LogP contribution in [-0.4, -0.2) is 12.6 Å². The smallest absolute Gasteiger partial charge is 0.309 e. The lowest BCUT2D eigenvalue weighted by atomic mass is 9.90. The number of ether oxygens (including phenoxy) is 1. The van der Waals surface area contributed by atoms with Crippen molar-refractivity contribution in [2.24, 2.45) is 5.92 Å². The monoisotopic (exact) mass is 281 g/mol. The second kappa shape index (κ2) is 12.2. The quantitative estimate of drug-likeness (QED) is 0.371. The van der Waals surface area contributed by atoms with Crippen LogP contribution in [0, 0.1) is 12.3 Å². The van der Waals surface area contributed by atoms with E-state index in [1.165, 1.54) is 70.6 Å². The van der Waals surface area contributed by atoms with Crippen LogP contribution in [0.15, 0.2) is 0 Å². The Hall–Kier alpha value is -0.530. The largest absolute Gasteiger partial charge is 0.465 e. The second-order valence-electron chi connectivity index (χ2n) is 6.25. The fourth-order valence-electron chi connectivity index (χ4n) is 2.93. The SMILES string of the molecule is CCCCCCCCC[CH]C(=O)OCC1CCCCC1. The highest BCUT2D eigenvalue weighted by molar-refractivity contribution is 5.78. The molecule has 0 saturated heterocycles. The van der Waals surface area contributed by atoms with Crippen LogP contribution >= 0.6 is 0 Å². The molecule has 2 heteroatoms. The molecule has 0 unspecified atom stereocenters. The highest BCUT2D eigenvalue weighted by atomic mass is 16.5. The Morgan fingerprint density at radius 2 is 1.65 bits per heavy atom. The van der Waals surface area contributed by atoms with Crippen molar-refractivity contribution in [1.82, 2.24) is 0 Å². The van der Waals surface area contributed by atoms with Crippen LogP contribution in [0.3, 0.4) is 0 Å². The van der Waals surface area contributed by atoms with E-state index < -0.39 is 0 Å². The average Bonchev–Trinajstić information content (AvgIpc) is 2.49. The molecule has 2 nitrogen and oxygen atoms in total. The van der Waals surface area contributed by atoms with Crippen molar-refractivity contribution in [3.05, 3.63) is 6.42 Å². The molecule has 0 heterocycles. The number of rotatable bonds is 11. The molecule has 0 aromatic heterocycles. The van der Waals surface area contributed by atoms with Crippen molar-refractivity contribution in [2.75, 3.05) is 6.61 Å². The molecule has 1 rings (SSSR count). The minimum Gasteiger partial charge on any atom is -0.465 e. The van der Waals surface area contributed by atoms with E-state index in [-0.39, 0.29) is 5.97 Å². The molecule has 1 fully saturated rings. The summed E-state index contributed by atoms with van der Waals surface area (Å²) in [6.45, 7) is 2.89. The summed E-state index contributed by atoms with van der Waals surface area (Å²) in [5, 5.41) is 0. The summed E-state index contributed by atoms with van der Waals surface area (Å²) >= 11 is 0. The molecule has 0 aromatic rings. The number of esters is 1. The van der Waals surface area contributed by atoms with Crippen LogP contribution in [0.4, 0.5) is 0 Å². The van der Waals surface area contributed by atoms with E-state index in [0.717, 1.165) is 12.8 Å². The summed E-state index contributed by atoms with van der Waals surface area (Å²) in [4.78, 5) is 11.6. The molecule has 0 bridgehead atoms. The molecule has 0 N–H and O–H groups in total. The van der Waals surface area contributed by atoms with Crippen molar-refractivity contribution in [2.45, 2.75) is 90.4 Å². The third-order valence-corrected chi connectivity index (χ3v) is 4.30. The minimum absolute atomic E-state index is 0.0958. The maximum absolute atomic E-state index is 11.6. The van der Waals surface area contributed by atoms with Crippen LogP contribution in [0.1, 0.15) is 90.4 Å². The molecule has 20 heavy (non-hydrogen) atoms. The summed E-state index contributed by atoms with van der Waals surface area (Å²) in [6, 6.07) is 0. The van der Waals surface area contributed by atoms with Crippen molar-refractivity contribution in [1.29, 1.82) is 0 Å². The Labute approximate surface area is 125 Å². The molecule has 1 aliphatic carbocycles. The van der Waals surface area contributed by atoms with Crippen molar-refractivity contribution < 1.29 is 9.53 Å². The van der Waals surface area contributed by atoms with Crippen LogP contribution in [0.5, 0.6) is 0 Å². The van der Waals surface area contributed by atoms with Gasteiger partial charge in [-0.25, -0.2) is 0 Å². The normalized spacial score (nSPS) is 16.2. The number of carbonyl (C=O) groups is 1. The Morgan fingerprint density at radius 3 is 2.35 bits per heavy atom. The van der Waals surface area contributed by atoms with Gasteiger partial charge in [0.25, 0.3) is 0 Å². The standard InChI is InChI=1S/C18H33O2/c1-2-3-4-5-6-7-8-12-15-18(19)20-16-17-13-10-9-11-14-17/h15,17H,2-14,16H2,1H3. The summed E-state index contributed by atoms with van der Waals surface area (Å²) < 4.78 is 5.35. The molecular weight excluding hydrogens is 248 g/mol. The third kappa shape index (κ3) is 9.39. The fraction of sp³-hybridized carbons (Fsp3) is 0.889. The van der Waals surface area contributed by atoms with E-state index >= 15 is 0 Å². The van der Waals surface area contributed by atoms with Gasteiger partial charge in [-0.1, -0.05) is 71.1 Å². The Kier molecular flexibility index (Phi) is 10.7. The van der Waals surface area contributed by atoms with Crippen molar-refractivity contribution in [3.8, 4) is 0 Å². The highest BCUT2D eigenvalue weighted by Crippen LogP contribution is 2.23. The zero-order valence-electron chi connectivity index (χ0n) is 13.4. The summed E-state index contributed by atoms with van der Waals surface area (Å²) in [7, 11) is 0. The van der Waals surface area contributed by atoms with Gasteiger partial charge in [-0.3, -0.25) is 4.79 Å². The van der Waals surface area contributed by atoms with Crippen LogP contribution in [-0.2, 0) is 9.53 Å². The van der Waals surface area contributed by atoms with E-state index in [4.69, 9.17) is 4.74 Å². The zero-order valence-corrected chi connectivity index (χ0v) is 13.4. The predicted molar refractivity (Wildman–Crippen MR) is 84.4 cm³/mol. The molecule has 1 aliphatic rings. The molecule has 117 valence electrons. The van der Waals surface area contributed by atoms with Gasteiger partial charge in [0.2, 0.25) is 0 Å². The maximum Gasteiger partial charge on any atom is 0.309 e. The lowest BCUT2D eigenvalue weighted by Crippen LogP contribution is -2.16. The van der Waals surface area contributed by atoms with Gasteiger partial charge in [-0.05, 0) is 25.2 Å². The molecule has 0 aromatic carbocycles. The molecule has 1 saturated carbocycles. The topological polar surface area (TPSA) is 26.3 Å². The van der Waals surface area contributed by atoms with E-state index in [0.29, 0.717) is 12.5 Å². The highest BCUT2D eigenvalue weighted by Gasteiger charge is 2.15. The molecule has 0 spiro atoms. The lowest BCUT2D eigenvalue weighted by Gasteiger charge is -2.20. The second-order valence-corrected chi connectivity index (χ2v) is 6.25. The number of hydrogen-bond acceptors (Lipinski definition) is 2. The molecule has 0 atom stereocenters. The number of hydrogen-bond donors (Lipinski definition) is 0. The summed E-state index contributed by atoms with van der Waals surface area (Å²) in [5.41, 5.74) is 0. The summed E-state index contributed by atoms with van der Waals surface area (Å²) in [5.74, 6) is 0.529. The van der Waals surface area contributed by atoms with Crippen LogP contribution in [0.25, 0.3) is 0 Å². The average molecular weight is 281 g/mol. The molecular formula is C18H33O2. The molecule has 0 amide bonds. The first-order valence-electron chi connectivity index (χ1n) is 8.83. The van der Waals surface area contributed by atoms with Gasteiger partial charge in [0.05, 0.1) is 13.0 Å². The maximum atomic E-state index is 11.6. The Morgan fingerprint density at radius 1 is 1.00 bits per heavy atom. The number of unbranched alkanes of at least 4 members (excludes halogenated alkanes) is 7. The van der Waals surface area contributed by atoms with Gasteiger partial charge in [-0.15, -0.1) is 0 Å². The van der Waals surface area contributed by atoms with E-state index in [1.807, 2.05) is 0 Å². The fourth-order valence-corrected chi connectivity index (χ4v) is 2.93. The predicted octanol–water partition coefficient (Wildman–Crippen LogP) is 5.45. The van der Waals surface area contributed by atoms with Crippen molar-refractivity contribution >= 4 is 5.97 Å². The Bertz CT molecular complexity index is 232. The van der Waals surface area contributed by atoms with E-state index in [9.17, 15) is 4.79 Å². The number of carbonyl (C=O) groups excluding carboxylic acids is 1. The first kappa shape index (κ1) is 17.5. The van der Waals surface area contributed by atoms with Gasteiger partial charge in [0, 0.05) is 0 Å². The van der Waals surface area contributed by atoms with E-state index in [1.54, 1.807) is 6.42 Å². The van der Waals surface area contributed by atoms with Crippen molar-refractivity contribution in [3.63, 3.8) is 0 Å². The molecule has 1 radical (unpaired) electrons. The zero-order chi connectivity index (χ0) is 14.5. The first-order valence-corrected chi connectivity index (χ1v) is 8.83. The minimum atomic E-state index is -0.0958. The van der Waals surface area contributed by atoms with E-state index in [2.05, 4.69) is 6.92 Å². The third-order valence-electron chi connectivity index (χ3n) is 4.30. The Balaban J connectivity index is 1.84. The molecule has 0 aliphatic heterocycles.